The molecule has 0 aromatic carbocycles. The predicted octanol–water partition coefficient (Wildman–Crippen LogP) is 12.2. The molecule has 0 saturated heterocycles. The highest BCUT2D eigenvalue weighted by Crippen LogP contribution is 2.43. The van der Waals surface area contributed by atoms with Crippen LogP contribution in [0.1, 0.15) is 155 Å². The minimum absolute atomic E-state index is 0.0154. The SMILES string of the molecule is CCCCC/C=C/C/C=C/C/C=C/C/C=C/CCCC(=O)O[C@H](COC(=O)CCCCCCC/C=C/C=C/CCCCCC)COP(=O)(O)OCC[N+](C)(C)C. The lowest BCUT2D eigenvalue weighted by Gasteiger charge is -2.24. The highest BCUT2D eigenvalue weighted by molar-refractivity contribution is 7.47. The smallest absolute Gasteiger partial charge is 0.462 e. The van der Waals surface area contributed by atoms with Gasteiger partial charge in [-0.05, 0) is 77.0 Å². The third-order valence-electron chi connectivity index (χ3n) is 8.74. The molecule has 0 aromatic rings. The maximum atomic E-state index is 12.7. The van der Waals surface area contributed by atoms with Gasteiger partial charge >= 0.3 is 19.8 Å². The van der Waals surface area contributed by atoms with Crippen molar-refractivity contribution in [2.75, 3.05) is 47.5 Å². The topological polar surface area (TPSA) is 108 Å². The maximum Gasteiger partial charge on any atom is 0.472 e. The minimum atomic E-state index is -4.40. The largest absolute Gasteiger partial charge is 0.472 e. The average Bonchev–Trinajstić information content (AvgIpc) is 3.15. The van der Waals surface area contributed by atoms with Crippen LogP contribution in [0.3, 0.4) is 0 Å². The van der Waals surface area contributed by atoms with E-state index in [1.54, 1.807) is 0 Å². The monoisotopic (exact) mass is 807 g/mol. The first-order chi connectivity index (χ1) is 27.0. The molecule has 0 aromatic heterocycles. The lowest BCUT2D eigenvalue weighted by Crippen LogP contribution is -2.37. The molecule has 0 amide bonds. The molecule has 0 spiro atoms. The second-order valence-corrected chi connectivity index (χ2v) is 16.9. The second-order valence-electron chi connectivity index (χ2n) is 15.4. The first kappa shape index (κ1) is 53.5. The molecule has 56 heavy (non-hydrogen) atoms. The van der Waals surface area contributed by atoms with E-state index in [9.17, 15) is 19.0 Å². The number of allylic oxidation sites excluding steroid dienone is 12. The summed E-state index contributed by atoms with van der Waals surface area (Å²) < 4.78 is 34.2. The van der Waals surface area contributed by atoms with E-state index >= 15 is 0 Å². The van der Waals surface area contributed by atoms with Crippen molar-refractivity contribution in [3.63, 3.8) is 0 Å². The van der Waals surface area contributed by atoms with Gasteiger partial charge in [0.2, 0.25) is 0 Å². The van der Waals surface area contributed by atoms with Crippen molar-refractivity contribution in [2.24, 2.45) is 0 Å². The zero-order valence-electron chi connectivity index (χ0n) is 36.1. The summed E-state index contributed by atoms with van der Waals surface area (Å²) >= 11 is 0. The first-order valence-electron chi connectivity index (χ1n) is 21.7. The van der Waals surface area contributed by atoms with Gasteiger partial charge in [-0.15, -0.1) is 0 Å². The van der Waals surface area contributed by atoms with E-state index in [0.29, 0.717) is 30.3 Å². The number of likely N-dealkylation sites (N-methyl/N-ethyl adjacent to an activating group) is 1. The highest BCUT2D eigenvalue weighted by atomic mass is 31.2. The van der Waals surface area contributed by atoms with Crippen LogP contribution in [0.25, 0.3) is 0 Å². The van der Waals surface area contributed by atoms with Gasteiger partial charge in [0.1, 0.15) is 19.8 Å². The van der Waals surface area contributed by atoms with Crippen LogP contribution in [0.4, 0.5) is 0 Å². The standard InChI is InChI=1S/C46H80NO8P/c1-6-8-10-12-14-16-18-20-22-23-25-27-29-31-33-35-37-39-46(49)55-44(43-54-56(50,51)53-41-40-47(3,4)5)42-52-45(48)38-36-34-32-30-28-26-24-21-19-17-15-13-11-9-7-2/h14,16-17,19-22,24-25,27,31,33,44H,6-13,15,18,23,26,28-30,32,34-43H2,1-5H3/p+1/b16-14+,19-17+,22-20+,24-21+,27-25+,33-31+/t44-/m1/s1. The molecule has 0 aliphatic rings. The van der Waals surface area contributed by atoms with Crippen molar-refractivity contribution in [3.8, 4) is 0 Å². The number of nitrogens with zero attached hydrogens (tertiary/aromatic N) is 1. The molecule has 0 aliphatic heterocycles. The van der Waals surface area contributed by atoms with Crippen molar-refractivity contribution in [2.45, 2.75) is 161 Å². The van der Waals surface area contributed by atoms with Gasteiger partial charge in [0, 0.05) is 12.8 Å². The molecule has 0 aliphatic carbocycles. The molecule has 322 valence electrons. The number of hydrogen-bond acceptors (Lipinski definition) is 7. The van der Waals surface area contributed by atoms with Crippen molar-refractivity contribution in [1.29, 1.82) is 0 Å². The fourth-order valence-electron chi connectivity index (χ4n) is 5.29. The van der Waals surface area contributed by atoms with Crippen LogP contribution in [0.2, 0.25) is 0 Å². The lowest BCUT2D eigenvalue weighted by molar-refractivity contribution is -0.870. The third-order valence-corrected chi connectivity index (χ3v) is 9.72. The molecular formula is C46H81NO8P+. The number of carbonyl (C=O) groups is 2. The number of rotatable bonds is 38. The second kappa shape index (κ2) is 38.0. The summed E-state index contributed by atoms with van der Waals surface area (Å²) in [5, 5.41) is 0. The van der Waals surface area contributed by atoms with Crippen LogP contribution in [-0.2, 0) is 32.7 Å². The quantitative estimate of drug-likeness (QED) is 0.0164. The van der Waals surface area contributed by atoms with Crippen LogP contribution in [-0.4, -0.2) is 74.9 Å². The van der Waals surface area contributed by atoms with E-state index < -0.39 is 32.5 Å². The minimum Gasteiger partial charge on any atom is -0.462 e. The molecule has 2 atom stereocenters. The molecule has 1 N–H and O–H groups in total. The van der Waals surface area contributed by atoms with Gasteiger partial charge in [-0.2, -0.15) is 0 Å². The van der Waals surface area contributed by atoms with Crippen LogP contribution in [0, 0.1) is 0 Å². The number of phosphoric acid groups is 1. The molecule has 9 nitrogen and oxygen atoms in total. The van der Waals surface area contributed by atoms with Crippen molar-refractivity contribution in [3.05, 3.63) is 72.9 Å². The third kappa shape index (κ3) is 41.1. The van der Waals surface area contributed by atoms with Gasteiger partial charge in [-0.1, -0.05) is 138 Å². The molecule has 0 radical (unpaired) electrons. The average molecular weight is 807 g/mol. The normalized spacial score (nSPS) is 14.3. The Kier molecular flexibility index (Phi) is 36.3. The lowest BCUT2D eigenvalue weighted by atomic mass is 10.1. The van der Waals surface area contributed by atoms with Crippen LogP contribution >= 0.6 is 7.82 Å². The van der Waals surface area contributed by atoms with Gasteiger partial charge in [0.05, 0.1) is 27.7 Å². The fourth-order valence-corrected chi connectivity index (χ4v) is 6.03. The Morgan fingerprint density at radius 2 is 1.04 bits per heavy atom. The summed E-state index contributed by atoms with van der Waals surface area (Å²) in [6.07, 6.45) is 46.7. The number of esters is 2. The van der Waals surface area contributed by atoms with E-state index in [1.807, 2.05) is 27.2 Å². The summed E-state index contributed by atoms with van der Waals surface area (Å²) in [5.41, 5.74) is 0. The number of quaternary nitrogens is 1. The van der Waals surface area contributed by atoms with Gasteiger partial charge in [-0.3, -0.25) is 18.6 Å². The summed E-state index contributed by atoms with van der Waals surface area (Å²) in [5.74, 6) is -0.889. The molecule has 0 bridgehead atoms. The number of hydrogen-bond donors (Lipinski definition) is 1. The fraction of sp³-hybridized carbons (Fsp3) is 0.696. The molecule has 10 heteroatoms. The summed E-state index contributed by atoms with van der Waals surface area (Å²) in [7, 11) is 1.42. The van der Waals surface area contributed by atoms with E-state index in [1.165, 1.54) is 51.4 Å². The predicted molar refractivity (Wildman–Crippen MR) is 233 cm³/mol. The maximum absolute atomic E-state index is 12.7. The van der Waals surface area contributed by atoms with Crippen molar-refractivity contribution < 1.29 is 42.1 Å². The first-order valence-corrected chi connectivity index (χ1v) is 23.2. The Labute approximate surface area is 342 Å². The molecule has 0 saturated carbocycles. The van der Waals surface area contributed by atoms with E-state index in [-0.39, 0.29) is 26.1 Å². The number of carbonyl (C=O) groups excluding carboxylic acids is 2. The Morgan fingerprint density at radius 3 is 1.62 bits per heavy atom. The van der Waals surface area contributed by atoms with E-state index in [4.69, 9.17) is 18.5 Å². The van der Waals surface area contributed by atoms with E-state index in [0.717, 1.165) is 57.8 Å². The number of phosphoric ester groups is 1. The zero-order valence-corrected chi connectivity index (χ0v) is 37.0. The highest BCUT2D eigenvalue weighted by Gasteiger charge is 2.27. The summed E-state index contributed by atoms with van der Waals surface area (Å²) in [6.45, 7) is 4.27. The number of ether oxygens (including phenoxy) is 2. The van der Waals surface area contributed by atoms with Crippen LogP contribution < -0.4 is 0 Å². The molecular weight excluding hydrogens is 725 g/mol. The van der Waals surface area contributed by atoms with Crippen LogP contribution in [0.5, 0.6) is 0 Å². The Morgan fingerprint density at radius 1 is 0.571 bits per heavy atom. The van der Waals surface area contributed by atoms with Crippen molar-refractivity contribution in [1.82, 2.24) is 0 Å². The Bertz CT molecular complexity index is 1180. The summed E-state index contributed by atoms with van der Waals surface area (Å²) in [6, 6.07) is 0. The van der Waals surface area contributed by atoms with Gasteiger partial charge in [0.25, 0.3) is 0 Å². The van der Waals surface area contributed by atoms with Crippen molar-refractivity contribution >= 4 is 19.8 Å². The molecule has 0 fully saturated rings. The number of unbranched alkanes of at least 4 members (excludes halogenated alkanes) is 13. The molecule has 0 heterocycles. The zero-order chi connectivity index (χ0) is 41.4. The summed E-state index contributed by atoms with van der Waals surface area (Å²) in [4.78, 5) is 35.3. The Balaban J connectivity index is 4.52. The Hall–Kier alpha value is -2.55. The van der Waals surface area contributed by atoms with E-state index in [2.05, 4.69) is 80.7 Å². The van der Waals surface area contributed by atoms with Crippen LogP contribution in [0.15, 0.2) is 72.9 Å². The molecule has 0 rings (SSSR count). The van der Waals surface area contributed by atoms with Gasteiger partial charge < -0.3 is 18.9 Å². The van der Waals surface area contributed by atoms with Gasteiger partial charge in [0.15, 0.2) is 6.10 Å². The molecule has 1 unspecified atom stereocenters. The van der Waals surface area contributed by atoms with Gasteiger partial charge in [-0.25, -0.2) is 4.57 Å².